The molecule has 0 saturated carbocycles. The molecule has 0 bridgehead atoms. The largest absolute Gasteiger partial charge is 0.398 e. The second kappa shape index (κ2) is 5.61. The first-order valence-electron chi connectivity index (χ1n) is 6.58. The van der Waals surface area contributed by atoms with E-state index in [1.165, 1.54) is 7.05 Å². The van der Waals surface area contributed by atoms with Gasteiger partial charge in [-0.15, -0.1) is 0 Å². The monoisotopic (exact) mass is 315 g/mol. The summed E-state index contributed by atoms with van der Waals surface area (Å²) in [5.41, 5.74) is 6.34. The number of nitrogens with zero attached hydrogens (tertiary/aromatic N) is 1. The first kappa shape index (κ1) is 15.7. The van der Waals surface area contributed by atoms with Crippen LogP contribution in [0.25, 0.3) is 0 Å². The number of likely N-dealkylation sites (N-methyl/N-ethyl adjacent to an activating group) is 1. The Morgan fingerprint density at radius 2 is 2.14 bits per heavy atom. The van der Waals surface area contributed by atoms with Gasteiger partial charge in [0.1, 0.15) is 16.8 Å². The first-order valence-corrected chi connectivity index (χ1v) is 8.02. The number of carbonyl (C=O) groups excluding carboxylic acids is 1. The molecule has 8 heteroatoms. The van der Waals surface area contributed by atoms with Crippen molar-refractivity contribution in [2.75, 3.05) is 19.3 Å². The van der Waals surface area contributed by atoms with E-state index in [1.54, 1.807) is 6.92 Å². The average molecular weight is 315 g/mol. The van der Waals surface area contributed by atoms with Gasteiger partial charge in [-0.2, -0.15) is 4.31 Å². The highest BCUT2D eigenvalue weighted by atomic mass is 32.2. The van der Waals surface area contributed by atoms with Crippen LogP contribution >= 0.6 is 0 Å². The highest BCUT2D eigenvalue weighted by Gasteiger charge is 2.40. The molecule has 1 unspecified atom stereocenters. The lowest BCUT2D eigenvalue weighted by atomic mass is 10.2. The molecule has 6 nitrogen and oxygen atoms in total. The van der Waals surface area contributed by atoms with Gasteiger partial charge in [0.25, 0.3) is 0 Å². The summed E-state index contributed by atoms with van der Waals surface area (Å²) in [4.78, 5) is 11.3. The third-order valence-electron chi connectivity index (χ3n) is 3.66. The van der Waals surface area contributed by atoms with E-state index in [2.05, 4.69) is 5.32 Å². The maximum absolute atomic E-state index is 14.0. The van der Waals surface area contributed by atoms with Crippen LogP contribution in [0, 0.1) is 12.7 Å². The van der Waals surface area contributed by atoms with Crippen molar-refractivity contribution >= 4 is 21.6 Å². The van der Waals surface area contributed by atoms with Gasteiger partial charge in [0.15, 0.2) is 0 Å². The van der Waals surface area contributed by atoms with Crippen LogP contribution in [0.5, 0.6) is 0 Å². The molecular weight excluding hydrogens is 297 g/mol. The molecule has 0 aliphatic carbocycles. The molecular formula is C13H18FN3O3S. The standard InChI is InChI=1S/C13H18FN3O3S/c1-8-6-9(14)12(7-10(8)15)21(19,20)17-5-3-4-11(17)13(18)16-2/h6-7,11H,3-5,15H2,1-2H3,(H,16,18). The summed E-state index contributed by atoms with van der Waals surface area (Å²) < 4.78 is 40.3. The lowest BCUT2D eigenvalue weighted by Crippen LogP contribution is -2.45. The molecule has 1 aromatic carbocycles. The zero-order valence-corrected chi connectivity index (χ0v) is 12.7. The van der Waals surface area contributed by atoms with E-state index in [9.17, 15) is 17.6 Å². The molecule has 21 heavy (non-hydrogen) atoms. The minimum atomic E-state index is -4.10. The van der Waals surface area contributed by atoms with Crippen molar-refractivity contribution in [1.82, 2.24) is 9.62 Å². The molecule has 1 fully saturated rings. The second-order valence-electron chi connectivity index (χ2n) is 5.03. The van der Waals surface area contributed by atoms with Crippen LogP contribution in [0.15, 0.2) is 17.0 Å². The Labute approximate surface area is 123 Å². The Morgan fingerprint density at radius 1 is 1.48 bits per heavy atom. The van der Waals surface area contributed by atoms with Gasteiger partial charge in [0.2, 0.25) is 15.9 Å². The van der Waals surface area contributed by atoms with Gasteiger partial charge < -0.3 is 11.1 Å². The van der Waals surface area contributed by atoms with Gasteiger partial charge >= 0.3 is 0 Å². The number of halogens is 1. The number of anilines is 1. The van der Waals surface area contributed by atoms with Gasteiger partial charge in [0.05, 0.1) is 0 Å². The second-order valence-corrected chi connectivity index (χ2v) is 6.89. The fourth-order valence-electron chi connectivity index (χ4n) is 2.45. The molecule has 2 rings (SSSR count). The van der Waals surface area contributed by atoms with Gasteiger partial charge in [0, 0.05) is 19.3 Å². The van der Waals surface area contributed by atoms with E-state index in [0.717, 1.165) is 16.4 Å². The van der Waals surface area contributed by atoms with Gasteiger partial charge in [-0.1, -0.05) is 0 Å². The normalized spacial score (nSPS) is 19.7. The van der Waals surface area contributed by atoms with E-state index >= 15 is 0 Å². The lowest BCUT2D eigenvalue weighted by Gasteiger charge is -2.23. The van der Waals surface area contributed by atoms with E-state index in [4.69, 9.17) is 5.73 Å². The van der Waals surface area contributed by atoms with E-state index in [0.29, 0.717) is 18.4 Å². The van der Waals surface area contributed by atoms with Gasteiger partial charge in [-0.05, 0) is 37.5 Å². The van der Waals surface area contributed by atoms with Crippen LogP contribution in [0.4, 0.5) is 10.1 Å². The third-order valence-corrected chi connectivity index (χ3v) is 5.58. The first-order chi connectivity index (χ1) is 9.78. The Bertz CT molecular complexity index is 675. The summed E-state index contributed by atoms with van der Waals surface area (Å²) in [6.07, 6.45) is 0.974. The number of aryl methyl sites for hydroxylation is 1. The number of benzene rings is 1. The summed E-state index contributed by atoms with van der Waals surface area (Å²) in [6, 6.07) is 1.40. The van der Waals surface area contributed by atoms with Gasteiger partial charge in [-0.25, -0.2) is 12.8 Å². The molecule has 1 amide bonds. The highest BCUT2D eigenvalue weighted by Crippen LogP contribution is 2.29. The van der Waals surface area contributed by atoms with Crippen molar-refractivity contribution in [2.24, 2.45) is 0 Å². The lowest BCUT2D eigenvalue weighted by molar-refractivity contribution is -0.123. The molecule has 1 saturated heterocycles. The summed E-state index contributed by atoms with van der Waals surface area (Å²) in [7, 11) is -2.66. The number of nitrogen functional groups attached to an aromatic ring is 1. The van der Waals surface area contributed by atoms with Crippen molar-refractivity contribution in [2.45, 2.75) is 30.7 Å². The van der Waals surface area contributed by atoms with Crippen LogP contribution in [-0.4, -0.2) is 38.3 Å². The average Bonchev–Trinajstić information content (AvgIpc) is 2.91. The number of nitrogens with one attached hydrogen (secondary N) is 1. The van der Waals surface area contributed by atoms with E-state index in [1.807, 2.05) is 0 Å². The smallest absolute Gasteiger partial charge is 0.246 e. The third kappa shape index (κ3) is 2.73. The summed E-state index contributed by atoms with van der Waals surface area (Å²) >= 11 is 0. The molecule has 3 N–H and O–H groups in total. The SMILES string of the molecule is CNC(=O)C1CCCN1S(=O)(=O)c1cc(N)c(C)cc1F. The number of sulfonamides is 1. The summed E-state index contributed by atoms with van der Waals surface area (Å²) in [6.45, 7) is 1.78. The molecule has 0 spiro atoms. The summed E-state index contributed by atoms with van der Waals surface area (Å²) in [5.74, 6) is -1.25. The van der Waals surface area contributed by atoms with Gasteiger partial charge in [-0.3, -0.25) is 4.79 Å². The van der Waals surface area contributed by atoms with Crippen molar-refractivity contribution in [3.05, 3.63) is 23.5 Å². The molecule has 1 heterocycles. The number of nitrogens with two attached hydrogens (primary N) is 1. The van der Waals surface area contributed by atoms with Crippen molar-refractivity contribution in [3.63, 3.8) is 0 Å². The van der Waals surface area contributed by atoms with Crippen LogP contribution < -0.4 is 11.1 Å². The van der Waals surface area contributed by atoms with Crippen molar-refractivity contribution in [3.8, 4) is 0 Å². The maximum atomic E-state index is 14.0. The molecule has 0 aromatic heterocycles. The topological polar surface area (TPSA) is 92.5 Å². The summed E-state index contributed by atoms with van der Waals surface area (Å²) in [5, 5.41) is 2.43. The predicted molar refractivity (Wildman–Crippen MR) is 76.5 cm³/mol. The number of rotatable bonds is 3. The van der Waals surface area contributed by atoms with E-state index in [-0.39, 0.29) is 12.2 Å². The van der Waals surface area contributed by atoms with Crippen LogP contribution in [-0.2, 0) is 14.8 Å². The fraction of sp³-hybridized carbons (Fsp3) is 0.462. The zero-order chi connectivity index (χ0) is 15.8. The molecule has 1 aromatic rings. The predicted octanol–water partition coefficient (Wildman–Crippen LogP) is 0.615. The molecule has 1 aliphatic heterocycles. The molecule has 1 atom stereocenters. The minimum Gasteiger partial charge on any atom is -0.398 e. The quantitative estimate of drug-likeness (QED) is 0.800. The number of hydrogen-bond acceptors (Lipinski definition) is 4. The van der Waals surface area contributed by atoms with Crippen LogP contribution in [0.1, 0.15) is 18.4 Å². The Hall–Kier alpha value is -1.67. The fourth-order valence-corrected chi connectivity index (χ4v) is 4.19. The molecule has 1 aliphatic rings. The van der Waals surface area contributed by atoms with E-state index < -0.39 is 32.7 Å². The Balaban J connectivity index is 2.47. The maximum Gasteiger partial charge on any atom is 0.246 e. The number of hydrogen-bond donors (Lipinski definition) is 2. The van der Waals surface area contributed by atoms with Crippen LogP contribution in [0.2, 0.25) is 0 Å². The molecule has 0 radical (unpaired) electrons. The zero-order valence-electron chi connectivity index (χ0n) is 11.9. The minimum absolute atomic E-state index is 0.188. The highest BCUT2D eigenvalue weighted by molar-refractivity contribution is 7.89. The van der Waals surface area contributed by atoms with Crippen LogP contribution in [0.3, 0.4) is 0 Å². The van der Waals surface area contributed by atoms with Crippen molar-refractivity contribution < 1.29 is 17.6 Å². The number of carbonyl (C=O) groups is 1. The van der Waals surface area contributed by atoms with Crippen molar-refractivity contribution in [1.29, 1.82) is 0 Å². The number of amides is 1. The molecule has 116 valence electrons. The Morgan fingerprint density at radius 3 is 2.76 bits per heavy atom. The Kier molecular flexibility index (Phi) is 4.20.